The average Bonchev–Trinajstić information content (AvgIpc) is 3.09. The fourth-order valence-corrected chi connectivity index (χ4v) is 4.36. The summed E-state index contributed by atoms with van der Waals surface area (Å²) in [5, 5.41) is 8.68. The summed E-state index contributed by atoms with van der Waals surface area (Å²) in [6.07, 6.45) is 2.64. The minimum Gasteiger partial charge on any atom is -0.356 e. The molecule has 3 heterocycles. The summed E-state index contributed by atoms with van der Waals surface area (Å²) in [4.78, 5) is 19.7. The number of aryl methyl sites for hydroxylation is 2. The number of nitrogens with one attached hydrogen (secondary N) is 1. The molecular formula is C24H30ClN5O. The van der Waals surface area contributed by atoms with Gasteiger partial charge in [-0.15, -0.1) is 0 Å². The fourth-order valence-electron chi connectivity index (χ4n) is 4.24. The van der Waals surface area contributed by atoms with Gasteiger partial charge in [0, 0.05) is 47.4 Å². The van der Waals surface area contributed by atoms with Gasteiger partial charge in [0.05, 0.1) is 5.69 Å². The van der Waals surface area contributed by atoms with E-state index in [1.165, 1.54) is 0 Å². The maximum Gasteiger partial charge on any atom is 0.223 e. The Morgan fingerprint density at radius 3 is 2.55 bits per heavy atom. The van der Waals surface area contributed by atoms with E-state index < -0.39 is 0 Å². The number of halogens is 1. The van der Waals surface area contributed by atoms with Gasteiger partial charge in [-0.3, -0.25) is 4.79 Å². The molecule has 0 spiro atoms. The van der Waals surface area contributed by atoms with Crippen molar-refractivity contribution in [3.05, 3.63) is 46.7 Å². The van der Waals surface area contributed by atoms with Crippen LogP contribution >= 0.6 is 11.6 Å². The number of anilines is 1. The summed E-state index contributed by atoms with van der Waals surface area (Å²) in [7, 11) is 0. The Labute approximate surface area is 188 Å². The second-order valence-electron chi connectivity index (χ2n) is 8.54. The first kappa shape index (κ1) is 21.6. The van der Waals surface area contributed by atoms with Crippen molar-refractivity contribution < 1.29 is 4.79 Å². The molecule has 1 aliphatic heterocycles. The minimum absolute atomic E-state index is 0.0765. The van der Waals surface area contributed by atoms with Gasteiger partial charge in [-0.25, -0.2) is 4.98 Å². The van der Waals surface area contributed by atoms with Gasteiger partial charge in [0.25, 0.3) is 0 Å². The largest absolute Gasteiger partial charge is 0.356 e. The van der Waals surface area contributed by atoms with Crippen LogP contribution in [0.1, 0.15) is 44.5 Å². The van der Waals surface area contributed by atoms with Crippen LogP contribution in [0.15, 0.2) is 30.3 Å². The zero-order chi connectivity index (χ0) is 22.1. The number of hydrogen-bond acceptors (Lipinski definition) is 4. The zero-order valence-corrected chi connectivity index (χ0v) is 19.4. The summed E-state index contributed by atoms with van der Waals surface area (Å²) in [5.74, 6) is 1.30. The molecular weight excluding hydrogens is 410 g/mol. The van der Waals surface area contributed by atoms with Gasteiger partial charge in [-0.1, -0.05) is 30.7 Å². The highest BCUT2D eigenvalue weighted by Crippen LogP contribution is 2.32. The lowest BCUT2D eigenvalue weighted by atomic mass is 9.95. The zero-order valence-electron chi connectivity index (χ0n) is 18.7. The standard InChI is InChI=1S/C24H30ClN5O/c1-5-15(2)27-24(31)19-10-12-29(13-11-19)21-14-16(3)26-23-22(17(4)28-30(21)23)18-6-8-20(25)9-7-18/h6-9,14-15,19H,5,10-13H2,1-4H3,(H,27,31)/t15-/m1/s1. The van der Waals surface area contributed by atoms with Gasteiger partial charge in [0.2, 0.25) is 5.91 Å². The third-order valence-corrected chi connectivity index (χ3v) is 6.45. The third kappa shape index (κ3) is 4.40. The highest BCUT2D eigenvalue weighted by atomic mass is 35.5. The fraction of sp³-hybridized carbons (Fsp3) is 0.458. The number of aromatic nitrogens is 3. The first-order valence-electron chi connectivity index (χ1n) is 11.1. The highest BCUT2D eigenvalue weighted by Gasteiger charge is 2.27. The van der Waals surface area contributed by atoms with E-state index in [0.29, 0.717) is 5.02 Å². The lowest BCUT2D eigenvalue weighted by Crippen LogP contribution is -2.43. The van der Waals surface area contributed by atoms with Crippen LogP contribution in [0.4, 0.5) is 5.82 Å². The number of fused-ring (bicyclic) bond motifs is 1. The molecule has 6 nitrogen and oxygen atoms in total. The van der Waals surface area contributed by atoms with Gasteiger partial charge < -0.3 is 10.2 Å². The molecule has 1 aromatic carbocycles. The molecule has 31 heavy (non-hydrogen) atoms. The predicted octanol–water partition coefficient (Wildman–Crippen LogP) is 4.80. The van der Waals surface area contributed by atoms with E-state index >= 15 is 0 Å². The molecule has 7 heteroatoms. The van der Waals surface area contributed by atoms with Crippen molar-refractivity contribution in [3.8, 4) is 11.1 Å². The highest BCUT2D eigenvalue weighted by molar-refractivity contribution is 6.30. The monoisotopic (exact) mass is 439 g/mol. The Morgan fingerprint density at radius 2 is 1.90 bits per heavy atom. The van der Waals surface area contributed by atoms with Crippen LogP contribution < -0.4 is 10.2 Å². The molecule has 0 radical (unpaired) electrons. The summed E-state index contributed by atoms with van der Waals surface area (Å²) < 4.78 is 1.95. The molecule has 1 N–H and O–H groups in total. The molecule has 1 saturated heterocycles. The van der Waals surface area contributed by atoms with Gasteiger partial charge in [0.15, 0.2) is 5.65 Å². The molecule has 0 saturated carbocycles. The van der Waals surface area contributed by atoms with E-state index in [4.69, 9.17) is 21.7 Å². The van der Waals surface area contributed by atoms with E-state index in [-0.39, 0.29) is 17.9 Å². The molecule has 4 rings (SSSR count). The number of carbonyl (C=O) groups is 1. The quantitative estimate of drug-likeness (QED) is 0.620. The SMILES string of the molecule is CC[C@@H](C)NC(=O)C1CCN(c2cc(C)nc3c(-c4ccc(Cl)cc4)c(C)nn23)CC1. The lowest BCUT2D eigenvalue weighted by Gasteiger charge is -2.33. The molecule has 1 amide bonds. The van der Waals surface area contributed by atoms with Crippen molar-refractivity contribution in [1.82, 2.24) is 19.9 Å². The Balaban J connectivity index is 1.62. The Bertz CT molecular complexity index is 1080. The molecule has 0 aliphatic carbocycles. The second-order valence-corrected chi connectivity index (χ2v) is 8.97. The lowest BCUT2D eigenvalue weighted by molar-refractivity contribution is -0.126. The summed E-state index contributed by atoms with van der Waals surface area (Å²) in [6, 6.07) is 10.1. The molecule has 164 valence electrons. The van der Waals surface area contributed by atoms with Crippen molar-refractivity contribution in [2.24, 2.45) is 5.92 Å². The molecule has 0 bridgehead atoms. The maximum absolute atomic E-state index is 12.5. The number of rotatable bonds is 5. The van der Waals surface area contributed by atoms with E-state index in [1.807, 2.05) is 42.6 Å². The van der Waals surface area contributed by atoms with Crippen molar-refractivity contribution >= 4 is 29.0 Å². The topological polar surface area (TPSA) is 62.5 Å². The van der Waals surface area contributed by atoms with E-state index in [9.17, 15) is 4.79 Å². The molecule has 1 aliphatic rings. The normalized spacial score (nSPS) is 16.0. The minimum atomic E-state index is 0.0765. The number of carbonyl (C=O) groups excluding carboxylic acids is 1. The predicted molar refractivity (Wildman–Crippen MR) is 126 cm³/mol. The van der Waals surface area contributed by atoms with Crippen LogP contribution in [0.3, 0.4) is 0 Å². The van der Waals surface area contributed by atoms with Gasteiger partial charge in [-0.05, 0) is 57.7 Å². The molecule has 1 fully saturated rings. The third-order valence-electron chi connectivity index (χ3n) is 6.20. The first-order chi connectivity index (χ1) is 14.9. The van der Waals surface area contributed by atoms with Crippen molar-refractivity contribution in [3.63, 3.8) is 0 Å². The smallest absolute Gasteiger partial charge is 0.223 e. The Morgan fingerprint density at radius 1 is 1.23 bits per heavy atom. The van der Waals surface area contributed by atoms with E-state index in [1.54, 1.807) is 0 Å². The Hall–Kier alpha value is -2.60. The van der Waals surface area contributed by atoms with Gasteiger partial charge in [-0.2, -0.15) is 9.61 Å². The van der Waals surface area contributed by atoms with Crippen LogP contribution in [-0.4, -0.2) is 39.6 Å². The summed E-state index contributed by atoms with van der Waals surface area (Å²) in [6.45, 7) is 9.84. The molecule has 0 unspecified atom stereocenters. The second kappa shape index (κ2) is 8.87. The maximum atomic E-state index is 12.5. The van der Waals surface area contributed by atoms with Crippen LogP contribution in [0, 0.1) is 19.8 Å². The number of benzene rings is 1. The number of hydrogen-bond donors (Lipinski definition) is 1. The Kier molecular flexibility index (Phi) is 6.19. The first-order valence-corrected chi connectivity index (χ1v) is 11.4. The number of amides is 1. The van der Waals surface area contributed by atoms with Crippen LogP contribution in [0.2, 0.25) is 5.02 Å². The number of nitrogens with zero attached hydrogens (tertiary/aromatic N) is 4. The van der Waals surface area contributed by atoms with Gasteiger partial charge in [0.1, 0.15) is 5.82 Å². The van der Waals surface area contributed by atoms with Crippen molar-refractivity contribution in [1.29, 1.82) is 0 Å². The molecule has 3 aromatic rings. The number of piperidine rings is 1. The molecule has 1 atom stereocenters. The van der Waals surface area contributed by atoms with Crippen LogP contribution in [-0.2, 0) is 4.79 Å². The summed E-state index contributed by atoms with van der Waals surface area (Å²) in [5.41, 5.74) is 4.83. The average molecular weight is 440 g/mol. The molecule has 2 aromatic heterocycles. The van der Waals surface area contributed by atoms with Crippen LogP contribution in [0.25, 0.3) is 16.8 Å². The van der Waals surface area contributed by atoms with E-state index in [2.05, 4.69) is 30.1 Å². The summed E-state index contributed by atoms with van der Waals surface area (Å²) >= 11 is 6.08. The van der Waals surface area contributed by atoms with E-state index in [0.717, 1.165) is 66.3 Å². The van der Waals surface area contributed by atoms with Crippen molar-refractivity contribution in [2.75, 3.05) is 18.0 Å². The van der Waals surface area contributed by atoms with Crippen molar-refractivity contribution in [2.45, 2.75) is 53.0 Å². The van der Waals surface area contributed by atoms with Gasteiger partial charge >= 0.3 is 0 Å². The van der Waals surface area contributed by atoms with Crippen LogP contribution in [0.5, 0.6) is 0 Å².